The summed E-state index contributed by atoms with van der Waals surface area (Å²) in [5.74, 6) is 1.57. The van der Waals surface area contributed by atoms with E-state index in [1.54, 1.807) is 6.20 Å². The fraction of sp³-hybridized carbons (Fsp3) is 0.556. The van der Waals surface area contributed by atoms with Crippen molar-refractivity contribution in [3.05, 3.63) is 41.0 Å². The molecule has 2 aromatic rings. The molecule has 36 heavy (non-hydrogen) atoms. The lowest BCUT2D eigenvalue weighted by Crippen LogP contribution is -2.44. The fourth-order valence-corrected chi connectivity index (χ4v) is 5.06. The Morgan fingerprint density at radius 3 is 2.72 bits per heavy atom. The zero-order chi connectivity index (χ0) is 24.9. The maximum absolute atomic E-state index is 12.1. The molecule has 0 bridgehead atoms. The molecule has 1 aromatic heterocycles. The van der Waals surface area contributed by atoms with Gasteiger partial charge < -0.3 is 30.1 Å². The van der Waals surface area contributed by atoms with Gasteiger partial charge in [-0.05, 0) is 56.0 Å². The second kappa shape index (κ2) is 11.7. The lowest BCUT2D eigenvalue weighted by Gasteiger charge is -2.34. The third kappa shape index (κ3) is 6.41. The second-order valence-electron chi connectivity index (χ2n) is 10.0. The van der Waals surface area contributed by atoms with E-state index >= 15 is 0 Å². The Morgan fingerprint density at radius 2 is 1.92 bits per heavy atom. The number of carbonyl (C=O) groups excluding carboxylic acids is 1. The predicted molar refractivity (Wildman–Crippen MR) is 146 cm³/mol. The largest absolute Gasteiger partial charge is 0.384 e. The minimum Gasteiger partial charge on any atom is -0.384 e. The molecule has 1 amide bonds. The average molecular weight is 513 g/mol. The SMILES string of the molecule is CN1CCN(c2ccc(Nc3cc(NCCCN4CCOCCC4=O)c(Cl)cn3)c(C3CC3)c2)CC1. The quantitative estimate of drug-likeness (QED) is 0.489. The second-order valence-corrected chi connectivity index (χ2v) is 10.4. The van der Waals surface area contributed by atoms with Crippen molar-refractivity contribution in [1.29, 1.82) is 0 Å². The number of likely N-dealkylation sites (N-methyl/N-ethyl adjacent to an activating group) is 1. The van der Waals surface area contributed by atoms with E-state index in [0.29, 0.717) is 43.7 Å². The summed E-state index contributed by atoms with van der Waals surface area (Å²) in [6, 6.07) is 8.77. The van der Waals surface area contributed by atoms with Crippen LogP contribution in [0.3, 0.4) is 0 Å². The molecule has 2 saturated heterocycles. The number of benzene rings is 1. The molecule has 9 heteroatoms. The number of carbonyl (C=O) groups is 1. The molecule has 1 aromatic carbocycles. The molecule has 0 radical (unpaired) electrons. The van der Waals surface area contributed by atoms with Crippen molar-refractivity contribution in [1.82, 2.24) is 14.8 Å². The van der Waals surface area contributed by atoms with Gasteiger partial charge in [0.05, 0.1) is 36.5 Å². The highest BCUT2D eigenvalue weighted by Gasteiger charge is 2.27. The molecular weight excluding hydrogens is 476 g/mol. The molecule has 0 spiro atoms. The van der Waals surface area contributed by atoms with E-state index in [1.165, 1.54) is 24.1 Å². The van der Waals surface area contributed by atoms with Crippen LogP contribution in [0.15, 0.2) is 30.5 Å². The molecule has 3 heterocycles. The summed E-state index contributed by atoms with van der Waals surface area (Å²) in [5.41, 5.74) is 4.67. The van der Waals surface area contributed by atoms with Gasteiger partial charge in [0.2, 0.25) is 5.91 Å². The third-order valence-electron chi connectivity index (χ3n) is 7.28. The van der Waals surface area contributed by atoms with Crippen molar-refractivity contribution in [2.75, 3.05) is 81.6 Å². The number of amides is 1. The molecule has 0 atom stereocenters. The number of hydrogen-bond acceptors (Lipinski definition) is 7. The third-order valence-corrected chi connectivity index (χ3v) is 7.58. The van der Waals surface area contributed by atoms with Crippen LogP contribution in [0.1, 0.15) is 37.2 Å². The van der Waals surface area contributed by atoms with Crippen LogP contribution in [0.2, 0.25) is 5.02 Å². The van der Waals surface area contributed by atoms with Gasteiger partial charge in [-0.15, -0.1) is 0 Å². The van der Waals surface area contributed by atoms with Gasteiger partial charge in [-0.2, -0.15) is 0 Å². The molecule has 3 aliphatic rings. The van der Waals surface area contributed by atoms with Crippen LogP contribution >= 0.6 is 11.6 Å². The fourth-order valence-electron chi connectivity index (χ4n) is 4.89. The summed E-state index contributed by atoms with van der Waals surface area (Å²) in [4.78, 5) is 23.4. The van der Waals surface area contributed by atoms with Gasteiger partial charge >= 0.3 is 0 Å². The Bertz CT molecular complexity index is 1050. The van der Waals surface area contributed by atoms with Gasteiger partial charge in [-0.3, -0.25) is 4.79 Å². The van der Waals surface area contributed by atoms with Crippen LogP contribution < -0.4 is 15.5 Å². The molecule has 5 rings (SSSR count). The Hall–Kier alpha value is -2.55. The Balaban J connectivity index is 1.21. The van der Waals surface area contributed by atoms with Gasteiger partial charge in [0.25, 0.3) is 0 Å². The molecule has 1 aliphatic carbocycles. The monoisotopic (exact) mass is 512 g/mol. The minimum absolute atomic E-state index is 0.172. The summed E-state index contributed by atoms with van der Waals surface area (Å²) in [5, 5.41) is 7.56. The highest BCUT2D eigenvalue weighted by Crippen LogP contribution is 2.45. The number of aromatic nitrogens is 1. The average Bonchev–Trinajstić information content (AvgIpc) is 3.74. The lowest BCUT2D eigenvalue weighted by molar-refractivity contribution is -0.130. The van der Waals surface area contributed by atoms with Crippen molar-refractivity contribution < 1.29 is 9.53 Å². The summed E-state index contributed by atoms with van der Waals surface area (Å²) in [6.45, 7) is 7.59. The van der Waals surface area contributed by atoms with E-state index in [1.807, 2.05) is 11.0 Å². The van der Waals surface area contributed by atoms with E-state index in [-0.39, 0.29) is 5.91 Å². The normalized spacial score (nSPS) is 19.3. The number of nitrogens with one attached hydrogen (secondary N) is 2. The maximum Gasteiger partial charge on any atom is 0.224 e. The van der Waals surface area contributed by atoms with Crippen molar-refractivity contribution >= 4 is 40.4 Å². The van der Waals surface area contributed by atoms with Crippen molar-refractivity contribution in [2.45, 2.75) is 31.6 Å². The van der Waals surface area contributed by atoms with Crippen molar-refractivity contribution in [3.8, 4) is 0 Å². The van der Waals surface area contributed by atoms with Crippen LogP contribution in [0.25, 0.3) is 0 Å². The Labute approximate surface area is 218 Å². The van der Waals surface area contributed by atoms with E-state index in [9.17, 15) is 4.79 Å². The van der Waals surface area contributed by atoms with Crippen LogP contribution in [-0.4, -0.2) is 86.8 Å². The summed E-state index contributed by atoms with van der Waals surface area (Å²) in [6.07, 6.45) is 5.49. The predicted octanol–water partition coefficient (Wildman–Crippen LogP) is 4.16. The Morgan fingerprint density at radius 1 is 1.08 bits per heavy atom. The van der Waals surface area contributed by atoms with Gasteiger partial charge in [0.15, 0.2) is 0 Å². The number of rotatable bonds is 9. The number of hydrogen-bond donors (Lipinski definition) is 2. The van der Waals surface area contributed by atoms with Crippen LogP contribution in [0.5, 0.6) is 0 Å². The highest BCUT2D eigenvalue weighted by atomic mass is 35.5. The molecule has 2 aliphatic heterocycles. The minimum atomic E-state index is 0.172. The van der Waals surface area contributed by atoms with Gasteiger partial charge in [-0.1, -0.05) is 11.6 Å². The molecule has 3 fully saturated rings. The van der Waals surface area contributed by atoms with Crippen LogP contribution in [0.4, 0.5) is 22.9 Å². The molecule has 2 N–H and O–H groups in total. The maximum atomic E-state index is 12.1. The van der Waals surface area contributed by atoms with Crippen LogP contribution in [-0.2, 0) is 9.53 Å². The first-order valence-corrected chi connectivity index (χ1v) is 13.5. The zero-order valence-electron chi connectivity index (χ0n) is 21.1. The zero-order valence-corrected chi connectivity index (χ0v) is 21.9. The van der Waals surface area contributed by atoms with E-state index in [2.05, 4.69) is 50.7 Å². The number of pyridine rings is 1. The number of piperazine rings is 1. The highest BCUT2D eigenvalue weighted by molar-refractivity contribution is 6.33. The molecule has 1 saturated carbocycles. The Kier molecular flexibility index (Phi) is 8.14. The summed E-state index contributed by atoms with van der Waals surface area (Å²) >= 11 is 6.44. The number of halogens is 1. The number of ether oxygens (including phenoxy) is 1. The number of nitrogens with zero attached hydrogens (tertiary/aromatic N) is 4. The van der Waals surface area contributed by atoms with E-state index < -0.39 is 0 Å². The molecule has 0 unspecified atom stereocenters. The van der Waals surface area contributed by atoms with Crippen molar-refractivity contribution in [3.63, 3.8) is 0 Å². The molecular formula is C27H37ClN6O2. The molecule has 8 nitrogen and oxygen atoms in total. The lowest BCUT2D eigenvalue weighted by atomic mass is 10.1. The van der Waals surface area contributed by atoms with E-state index in [4.69, 9.17) is 16.3 Å². The standard InChI is InChI=1S/C27H37ClN6O2/c1-32-10-12-33(13-11-32)21-5-6-24(22(17-21)20-3-4-20)31-26-18-25(23(28)19-30-26)29-8-2-9-34-14-16-36-15-7-27(34)35/h5-6,17-20H,2-4,7-16H2,1H3,(H2,29,30,31). The smallest absolute Gasteiger partial charge is 0.224 e. The van der Waals surface area contributed by atoms with Gasteiger partial charge in [-0.25, -0.2) is 4.98 Å². The van der Waals surface area contributed by atoms with Gasteiger partial charge in [0, 0.05) is 63.3 Å². The number of anilines is 4. The van der Waals surface area contributed by atoms with Crippen LogP contribution in [0, 0.1) is 0 Å². The first-order chi connectivity index (χ1) is 17.6. The summed E-state index contributed by atoms with van der Waals surface area (Å²) < 4.78 is 5.40. The topological polar surface area (TPSA) is 73.0 Å². The van der Waals surface area contributed by atoms with Gasteiger partial charge in [0.1, 0.15) is 5.82 Å². The summed E-state index contributed by atoms with van der Waals surface area (Å²) in [7, 11) is 2.19. The van der Waals surface area contributed by atoms with Crippen molar-refractivity contribution in [2.24, 2.45) is 0 Å². The first-order valence-electron chi connectivity index (χ1n) is 13.2. The molecule has 194 valence electrons. The van der Waals surface area contributed by atoms with E-state index in [0.717, 1.165) is 56.3 Å². The first kappa shape index (κ1) is 25.1.